The lowest BCUT2D eigenvalue weighted by Gasteiger charge is -2.27. The van der Waals surface area contributed by atoms with Crippen molar-refractivity contribution in [1.82, 2.24) is 0 Å². The monoisotopic (exact) mass is 412 g/mol. The molecule has 0 radical (unpaired) electrons. The minimum atomic E-state index is -0.459. The van der Waals surface area contributed by atoms with Crippen LogP contribution in [0.4, 0.5) is 0 Å². The highest BCUT2D eigenvalue weighted by Crippen LogP contribution is 2.44. The molecule has 1 aliphatic rings. The highest BCUT2D eigenvalue weighted by molar-refractivity contribution is 5.92. The van der Waals surface area contributed by atoms with E-state index < -0.39 is 11.9 Å². The third-order valence-corrected chi connectivity index (χ3v) is 5.19. The van der Waals surface area contributed by atoms with Gasteiger partial charge in [0, 0.05) is 11.6 Å². The molecule has 0 spiro atoms. The summed E-state index contributed by atoms with van der Waals surface area (Å²) in [4.78, 5) is 12.6. The number of hydrogen-bond donors (Lipinski definition) is 1. The van der Waals surface area contributed by atoms with E-state index in [1.165, 1.54) is 0 Å². The van der Waals surface area contributed by atoms with Crippen molar-refractivity contribution in [3.05, 3.63) is 100 Å². The van der Waals surface area contributed by atoms with E-state index in [4.69, 9.17) is 19.9 Å². The minimum absolute atomic E-state index is 0.0187. The molecule has 1 unspecified atom stereocenters. The molecule has 6 heteroatoms. The van der Waals surface area contributed by atoms with Gasteiger partial charge in [-0.15, -0.1) is 0 Å². The van der Waals surface area contributed by atoms with E-state index >= 15 is 0 Å². The predicted molar refractivity (Wildman–Crippen MR) is 115 cm³/mol. The number of carbonyl (C=O) groups excluding carboxylic acids is 1. The summed E-state index contributed by atoms with van der Waals surface area (Å²) in [6, 6.07) is 21.9. The molecule has 0 amide bonds. The van der Waals surface area contributed by atoms with Gasteiger partial charge >= 0.3 is 5.97 Å². The molecular weight excluding hydrogens is 392 g/mol. The van der Waals surface area contributed by atoms with Crippen molar-refractivity contribution in [2.24, 2.45) is 5.73 Å². The van der Waals surface area contributed by atoms with Crippen LogP contribution in [0.5, 0.6) is 17.2 Å². The van der Waals surface area contributed by atoms with E-state index in [1.54, 1.807) is 37.4 Å². The number of rotatable bonds is 4. The Bertz CT molecular complexity index is 1240. The van der Waals surface area contributed by atoms with Gasteiger partial charge in [-0.05, 0) is 42.3 Å². The Morgan fingerprint density at radius 2 is 1.87 bits per heavy atom. The second-order valence-electron chi connectivity index (χ2n) is 7.11. The molecule has 0 bridgehead atoms. The number of hydrogen-bond acceptors (Lipinski definition) is 6. The fourth-order valence-electron chi connectivity index (χ4n) is 3.63. The van der Waals surface area contributed by atoms with E-state index in [1.807, 2.05) is 43.3 Å². The van der Waals surface area contributed by atoms with Crippen molar-refractivity contribution in [3.63, 3.8) is 0 Å². The lowest BCUT2D eigenvalue weighted by molar-refractivity contribution is 0.0733. The average molecular weight is 412 g/mol. The second kappa shape index (κ2) is 8.25. The molecule has 6 nitrogen and oxygen atoms in total. The number of aryl methyl sites for hydroxylation is 1. The summed E-state index contributed by atoms with van der Waals surface area (Å²) in [5.41, 5.74) is 9.27. The van der Waals surface area contributed by atoms with Crippen molar-refractivity contribution in [2.45, 2.75) is 12.8 Å². The Labute approximate surface area is 180 Å². The number of ether oxygens (including phenoxy) is 3. The Balaban J connectivity index is 1.71. The first kappa shape index (κ1) is 20.0. The number of esters is 1. The van der Waals surface area contributed by atoms with Gasteiger partial charge in [-0.1, -0.05) is 36.4 Å². The Hall–Kier alpha value is -4.24. The van der Waals surface area contributed by atoms with E-state index in [0.717, 1.165) is 16.7 Å². The molecule has 0 aliphatic carbocycles. The van der Waals surface area contributed by atoms with Crippen molar-refractivity contribution in [2.75, 3.05) is 7.11 Å². The molecule has 1 heterocycles. The Morgan fingerprint density at radius 3 is 2.61 bits per heavy atom. The summed E-state index contributed by atoms with van der Waals surface area (Å²) < 4.78 is 16.6. The summed E-state index contributed by atoms with van der Waals surface area (Å²) in [6.45, 7) is 1.85. The third kappa shape index (κ3) is 3.81. The molecular formula is C25H20N2O4. The number of fused-ring (bicyclic) bond motifs is 1. The molecule has 31 heavy (non-hydrogen) atoms. The van der Waals surface area contributed by atoms with Crippen LogP contribution in [0.2, 0.25) is 0 Å². The standard InChI is InChI=1S/C25H20N2O4/c1-15-6-3-4-9-19(15)25(28)30-18-10-11-20-22(13-18)31-24(27)21(14-26)23(20)16-7-5-8-17(12-16)29-2/h3-13,23H,27H2,1-2H3. The number of allylic oxidation sites excluding steroid dienone is 1. The molecule has 3 aromatic rings. The van der Waals surface area contributed by atoms with Gasteiger partial charge in [0.2, 0.25) is 5.88 Å². The first-order valence-corrected chi connectivity index (χ1v) is 9.65. The van der Waals surface area contributed by atoms with Crippen LogP contribution in [-0.4, -0.2) is 13.1 Å². The fraction of sp³-hybridized carbons (Fsp3) is 0.120. The highest BCUT2D eigenvalue weighted by atomic mass is 16.5. The zero-order valence-electron chi connectivity index (χ0n) is 17.1. The minimum Gasteiger partial charge on any atom is -0.497 e. The quantitative estimate of drug-likeness (QED) is 0.503. The topological polar surface area (TPSA) is 94.6 Å². The maximum Gasteiger partial charge on any atom is 0.343 e. The summed E-state index contributed by atoms with van der Waals surface area (Å²) >= 11 is 0. The molecule has 0 saturated carbocycles. The zero-order valence-corrected chi connectivity index (χ0v) is 17.1. The number of nitrogens with zero attached hydrogens (tertiary/aromatic N) is 1. The fourth-order valence-corrected chi connectivity index (χ4v) is 3.63. The van der Waals surface area contributed by atoms with E-state index in [2.05, 4.69) is 6.07 Å². The first-order chi connectivity index (χ1) is 15.0. The van der Waals surface area contributed by atoms with Crippen LogP contribution in [0.1, 0.15) is 33.0 Å². The number of benzene rings is 3. The summed E-state index contributed by atoms with van der Waals surface area (Å²) in [6.07, 6.45) is 0. The smallest absolute Gasteiger partial charge is 0.343 e. The van der Waals surface area contributed by atoms with Gasteiger partial charge in [0.25, 0.3) is 0 Å². The molecule has 2 N–H and O–H groups in total. The molecule has 1 atom stereocenters. The highest BCUT2D eigenvalue weighted by Gasteiger charge is 2.31. The molecule has 3 aromatic carbocycles. The summed E-state index contributed by atoms with van der Waals surface area (Å²) in [5, 5.41) is 9.70. The summed E-state index contributed by atoms with van der Waals surface area (Å²) in [7, 11) is 1.58. The maximum absolute atomic E-state index is 12.6. The number of methoxy groups -OCH3 is 1. The number of nitrogens with two attached hydrogens (primary N) is 1. The van der Waals surface area contributed by atoms with E-state index in [0.29, 0.717) is 28.4 Å². The Kier molecular flexibility index (Phi) is 5.33. The zero-order chi connectivity index (χ0) is 22.0. The third-order valence-electron chi connectivity index (χ3n) is 5.19. The lowest BCUT2D eigenvalue weighted by Crippen LogP contribution is -2.21. The van der Waals surface area contributed by atoms with Crippen LogP contribution >= 0.6 is 0 Å². The molecule has 0 saturated heterocycles. The maximum atomic E-state index is 12.6. The van der Waals surface area contributed by atoms with Crippen LogP contribution < -0.4 is 19.9 Å². The normalized spacial score (nSPS) is 14.8. The SMILES string of the molecule is COc1cccc(C2C(C#N)=C(N)Oc3cc(OC(=O)c4ccccc4C)ccc32)c1. The van der Waals surface area contributed by atoms with Gasteiger partial charge in [-0.3, -0.25) is 0 Å². The van der Waals surface area contributed by atoms with Crippen molar-refractivity contribution < 1.29 is 19.0 Å². The van der Waals surface area contributed by atoms with Crippen LogP contribution in [0.3, 0.4) is 0 Å². The van der Waals surface area contributed by atoms with Crippen LogP contribution in [0.15, 0.2) is 78.2 Å². The van der Waals surface area contributed by atoms with Gasteiger partial charge in [0.15, 0.2) is 0 Å². The van der Waals surface area contributed by atoms with Gasteiger partial charge in [-0.25, -0.2) is 4.79 Å². The Morgan fingerprint density at radius 1 is 1.06 bits per heavy atom. The molecule has 4 rings (SSSR count). The number of nitriles is 1. The van der Waals surface area contributed by atoms with Gasteiger partial charge < -0.3 is 19.9 Å². The number of carbonyl (C=O) groups is 1. The molecule has 1 aliphatic heterocycles. The average Bonchev–Trinajstić information content (AvgIpc) is 2.78. The van der Waals surface area contributed by atoms with Crippen LogP contribution in [0.25, 0.3) is 0 Å². The van der Waals surface area contributed by atoms with E-state index in [-0.39, 0.29) is 5.88 Å². The van der Waals surface area contributed by atoms with Crippen molar-refractivity contribution in [3.8, 4) is 23.3 Å². The summed E-state index contributed by atoms with van der Waals surface area (Å²) in [5.74, 6) is 0.559. The second-order valence-corrected chi connectivity index (χ2v) is 7.11. The van der Waals surface area contributed by atoms with E-state index in [9.17, 15) is 10.1 Å². The molecule has 0 aromatic heterocycles. The van der Waals surface area contributed by atoms with Crippen LogP contribution in [-0.2, 0) is 0 Å². The molecule has 0 fully saturated rings. The lowest BCUT2D eigenvalue weighted by atomic mass is 9.83. The molecule has 154 valence electrons. The van der Waals surface area contributed by atoms with Crippen molar-refractivity contribution >= 4 is 5.97 Å². The van der Waals surface area contributed by atoms with Gasteiger partial charge in [0.1, 0.15) is 28.9 Å². The first-order valence-electron chi connectivity index (χ1n) is 9.65. The van der Waals surface area contributed by atoms with Crippen molar-refractivity contribution in [1.29, 1.82) is 5.26 Å². The van der Waals surface area contributed by atoms with Crippen LogP contribution in [0, 0.1) is 18.3 Å². The largest absolute Gasteiger partial charge is 0.497 e. The predicted octanol–water partition coefficient (Wildman–Crippen LogP) is 4.44. The van der Waals surface area contributed by atoms with Gasteiger partial charge in [-0.2, -0.15) is 5.26 Å². The van der Waals surface area contributed by atoms with Gasteiger partial charge in [0.05, 0.1) is 18.6 Å².